The second-order valence-electron chi connectivity index (χ2n) is 8.33. The molecular weight excluding hydrogens is 390 g/mol. The molecule has 0 amide bonds. The fraction of sp³-hybridized carbons (Fsp3) is 0.360. The van der Waals surface area contributed by atoms with Crippen LogP contribution in [0, 0.1) is 0 Å². The summed E-state index contributed by atoms with van der Waals surface area (Å²) in [5, 5.41) is 0.428. The van der Waals surface area contributed by atoms with Gasteiger partial charge in [-0.15, -0.1) is 0 Å². The Kier molecular flexibility index (Phi) is 5.24. The first-order valence-electron chi connectivity index (χ1n) is 10.9. The highest BCUT2D eigenvalue weighted by atomic mass is 16.5. The summed E-state index contributed by atoms with van der Waals surface area (Å²) in [4.78, 5) is 23.0. The maximum atomic E-state index is 12.8. The second kappa shape index (κ2) is 8.19. The highest BCUT2D eigenvalue weighted by molar-refractivity contribution is 5.87. The zero-order chi connectivity index (χ0) is 21.4. The Morgan fingerprint density at radius 3 is 2.71 bits per heavy atom. The van der Waals surface area contributed by atoms with Gasteiger partial charge < -0.3 is 19.4 Å². The van der Waals surface area contributed by atoms with Crippen LogP contribution in [0.2, 0.25) is 0 Å². The van der Waals surface area contributed by atoms with Crippen LogP contribution in [0.15, 0.2) is 40.7 Å². The van der Waals surface area contributed by atoms with Gasteiger partial charge in [0.25, 0.3) is 5.56 Å². The van der Waals surface area contributed by atoms with Crippen LogP contribution >= 0.6 is 0 Å². The summed E-state index contributed by atoms with van der Waals surface area (Å²) in [6.45, 7) is 3.62. The van der Waals surface area contributed by atoms with Crippen molar-refractivity contribution in [3.8, 4) is 22.9 Å². The van der Waals surface area contributed by atoms with Crippen molar-refractivity contribution in [1.29, 1.82) is 0 Å². The van der Waals surface area contributed by atoms with Gasteiger partial charge in [0, 0.05) is 24.2 Å². The molecule has 3 aromatic rings. The van der Waals surface area contributed by atoms with E-state index >= 15 is 0 Å². The van der Waals surface area contributed by atoms with E-state index in [1.807, 2.05) is 6.07 Å². The zero-order valence-corrected chi connectivity index (χ0v) is 18.0. The molecule has 160 valence electrons. The highest BCUT2D eigenvalue weighted by Gasteiger charge is 2.18. The van der Waals surface area contributed by atoms with Gasteiger partial charge in [0.15, 0.2) is 0 Å². The number of methoxy groups -OCH3 is 2. The number of hydrogen-bond acceptors (Lipinski definition) is 5. The number of likely N-dealkylation sites (tertiary alicyclic amines) is 1. The summed E-state index contributed by atoms with van der Waals surface area (Å²) in [6.07, 6.45) is 7.10. The van der Waals surface area contributed by atoms with Crippen molar-refractivity contribution in [3.63, 3.8) is 0 Å². The topological polar surface area (TPSA) is 67.5 Å². The van der Waals surface area contributed by atoms with Gasteiger partial charge in [0.2, 0.25) is 0 Å². The number of rotatable bonds is 6. The summed E-state index contributed by atoms with van der Waals surface area (Å²) in [5.74, 6) is 1.61. The Labute approximate surface area is 181 Å². The molecule has 1 aromatic heterocycles. The number of hydrogen-bond donors (Lipinski definition) is 1. The van der Waals surface area contributed by atoms with Crippen molar-refractivity contribution in [2.75, 3.05) is 33.9 Å². The molecule has 0 bridgehead atoms. The van der Waals surface area contributed by atoms with E-state index in [1.54, 1.807) is 19.2 Å². The van der Waals surface area contributed by atoms with E-state index < -0.39 is 0 Å². The van der Waals surface area contributed by atoms with Crippen LogP contribution in [0.4, 0.5) is 0 Å². The summed E-state index contributed by atoms with van der Waals surface area (Å²) in [7, 11) is 3.12. The van der Waals surface area contributed by atoms with Gasteiger partial charge in [-0.05, 0) is 56.0 Å². The number of nitrogens with zero attached hydrogens (tertiary/aromatic N) is 2. The molecule has 2 aliphatic rings. The lowest BCUT2D eigenvalue weighted by Gasteiger charge is -2.14. The molecule has 2 aromatic carbocycles. The molecular formula is C25H27N3O3. The summed E-state index contributed by atoms with van der Waals surface area (Å²) in [5.41, 5.74) is 5.27. The molecule has 1 aliphatic carbocycles. The maximum absolute atomic E-state index is 12.8. The van der Waals surface area contributed by atoms with Crippen molar-refractivity contribution in [1.82, 2.24) is 14.9 Å². The number of benzene rings is 2. The zero-order valence-electron chi connectivity index (χ0n) is 18.0. The quantitative estimate of drug-likeness (QED) is 0.656. The largest absolute Gasteiger partial charge is 0.497 e. The maximum Gasteiger partial charge on any atom is 0.262 e. The smallest absolute Gasteiger partial charge is 0.262 e. The minimum atomic E-state index is -0.221. The van der Waals surface area contributed by atoms with E-state index in [0.29, 0.717) is 28.2 Å². The number of ether oxygens (including phenoxy) is 2. The molecule has 5 rings (SSSR count). The Balaban J connectivity index is 1.46. The monoisotopic (exact) mass is 417 g/mol. The normalized spacial score (nSPS) is 15.9. The molecule has 0 radical (unpaired) electrons. The van der Waals surface area contributed by atoms with E-state index in [0.717, 1.165) is 24.9 Å². The minimum Gasteiger partial charge on any atom is -0.497 e. The van der Waals surface area contributed by atoms with Crippen molar-refractivity contribution < 1.29 is 9.47 Å². The molecule has 1 saturated heterocycles. The van der Waals surface area contributed by atoms with Crippen LogP contribution < -0.4 is 15.0 Å². The fourth-order valence-corrected chi connectivity index (χ4v) is 4.65. The van der Waals surface area contributed by atoms with Gasteiger partial charge in [0.05, 0.1) is 19.7 Å². The first-order chi connectivity index (χ1) is 15.1. The lowest BCUT2D eigenvalue weighted by Crippen LogP contribution is -2.20. The standard InChI is InChI=1S/C25H27N3O3/c1-30-20-14-21-23(22(15-20)31-2)25(29)27-24(26-21)18-6-5-17-11-16(12-19(17)13-18)7-10-28-8-3-4-9-28/h5-6,12-15H,3-4,7-11H2,1-2H3,(H,26,27,29). The van der Waals surface area contributed by atoms with E-state index in [2.05, 4.69) is 28.1 Å². The third-order valence-electron chi connectivity index (χ3n) is 6.35. The first-order valence-corrected chi connectivity index (χ1v) is 10.9. The SMILES string of the molecule is COc1cc(OC)c2c(=O)[nH]c(-c3ccc4c(c3)C=C(CCN3CCCC3)C4)nc2c1. The molecule has 1 aliphatic heterocycles. The molecule has 6 heteroatoms. The number of fused-ring (bicyclic) bond motifs is 2. The van der Waals surface area contributed by atoms with Gasteiger partial charge in [0.1, 0.15) is 22.7 Å². The van der Waals surface area contributed by atoms with Crippen molar-refractivity contribution >= 4 is 17.0 Å². The van der Waals surface area contributed by atoms with Crippen LogP contribution in [-0.2, 0) is 6.42 Å². The fourth-order valence-electron chi connectivity index (χ4n) is 4.65. The van der Waals surface area contributed by atoms with Crippen LogP contribution in [0.5, 0.6) is 11.5 Å². The van der Waals surface area contributed by atoms with Crippen LogP contribution in [0.1, 0.15) is 30.4 Å². The Morgan fingerprint density at radius 1 is 1.10 bits per heavy atom. The predicted octanol–water partition coefficient (Wildman–Crippen LogP) is 4.03. The Morgan fingerprint density at radius 2 is 1.94 bits per heavy atom. The first kappa shape index (κ1) is 19.8. The number of aromatic amines is 1. The van der Waals surface area contributed by atoms with Crippen molar-refractivity contribution in [2.24, 2.45) is 0 Å². The Bertz CT molecular complexity index is 1220. The number of aromatic nitrogens is 2. The van der Waals surface area contributed by atoms with Gasteiger partial charge in [-0.3, -0.25) is 4.79 Å². The molecule has 1 fully saturated rings. The molecule has 0 spiro atoms. The van der Waals surface area contributed by atoms with Gasteiger partial charge in [-0.25, -0.2) is 4.98 Å². The lowest BCUT2D eigenvalue weighted by molar-refractivity contribution is 0.343. The molecule has 6 nitrogen and oxygen atoms in total. The average molecular weight is 418 g/mol. The molecule has 2 heterocycles. The lowest BCUT2D eigenvalue weighted by atomic mass is 10.0. The van der Waals surface area contributed by atoms with E-state index in [1.165, 1.54) is 49.7 Å². The molecule has 31 heavy (non-hydrogen) atoms. The Hall–Kier alpha value is -3.12. The van der Waals surface area contributed by atoms with Gasteiger partial charge in [-0.2, -0.15) is 0 Å². The molecule has 1 N–H and O–H groups in total. The second-order valence-corrected chi connectivity index (χ2v) is 8.33. The molecule has 0 atom stereocenters. The molecule has 0 saturated carbocycles. The predicted molar refractivity (Wildman–Crippen MR) is 123 cm³/mol. The summed E-state index contributed by atoms with van der Waals surface area (Å²) in [6, 6.07) is 9.78. The average Bonchev–Trinajstić information content (AvgIpc) is 3.45. The van der Waals surface area contributed by atoms with Gasteiger partial charge in [-0.1, -0.05) is 23.8 Å². The van der Waals surface area contributed by atoms with E-state index in [9.17, 15) is 4.79 Å². The summed E-state index contributed by atoms with van der Waals surface area (Å²) < 4.78 is 10.7. The van der Waals surface area contributed by atoms with Crippen LogP contribution in [0.3, 0.4) is 0 Å². The van der Waals surface area contributed by atoms with Gasteiger partial charge >= 0.3 is 0 Å². The van der Waals surface area contributed by atoms with Crippen LogP contribution in [-0.4, -0.2) is 48.7 Å². The number of H-pyrrole nitrogens is 1. The van der Waals surface area contributed by atoms with E-state index in [-0.39, 0.29) is 5.56 Å². The minimum absolute atomic E-state index is 0.221. The third kappa shape index (κ3) is 3.83. The van der Waals surface area contributed by atoms with E-state index in [4.69, 9.17) is 14.5 Å². The highest BCUT2D eigenvalue weighted by Crippen LogP contribution is 2.32. The third-order valence-corrected chi connectivity index (χ3v) is 6.35. The van der Waals surface area contributed by atoms with Crippen molar-refractivity contribution in [2.45, 2.75) is 25.7 Å². The molecule has 0 unspecified atom stereocenters. The van der Waals surface area contributed by atoms with Crippen LogP contribution in [0.25, 0.3) is 28.4 Å². The number of nitrogens with one attached hydrogen (secondary N) is 1. The van der Waals surface area contributed by atoms with Crippen molar-refractivity contribution in [3.05, 3.63) is 57.4 Å². The summed E-state index contributed by atoms with van der Waals surface area (Å²) >= 11 is 0.